The topological polar surface area (TPSA) is 58.2 Å². The van der Waals surface area contributed by atoms with Crippen molar-refractivity contribution in [1.29, 1.82) is 0 Å². The highest BCUT2D eigenvalue weighted by Gasteiger charge is 2.15. The second kappa shape index (κ2) is 6.84. The van der Waals surface area contributed by atoms with E-state index in [1.165, 1.54) is 0 Å². The van der Waals surface area contributed by atoms with Gasteiger partial charge in [0, 0.05) is 23.7 Å². The molecule has 0 unspecified atom stereocenters. The number of hydrogen-bond donors (Lipinski definition) is 2. The van der Waals surface area contributed by atoms with Crippen molar-refractivity contribution in [1.82, 2.24) is 5.32 Å². The summed E-state index contributed by atoms with van der Waals surface area (Å²) in [7, 11) is 0. The number of aryl methyl sites for hydroxylation is 1. The molecule has 0 aromatic heterocycles. The van der Waals surface area contributed by atoms with E-state index in [1.807, 2.05) is 36.4 Å². The molecule has 0 fully saturated rings. The van der Waals surface area contributed by atoms with Crippen LogP contribution in [0.2, 0.25) is 5.02 Å². The predicted octanol–water partition coefficient (Wildman–Crippen LogP) is 3.08. The van der Waals surface area contributed by atoms with Crippen LogP contribution < -0.4 is 10.6 Å². The zero-order valence-corrected chi connectivity index (χ0v) is 13.3. The molecule has 0 saturated heterocycles. The molecule has 4 nitrogen and oxygen atoms in total. The Morgan fingerprint density at radius 3 is 2.83 bits per heavy atom. The minimum absolute atomic E-state index is 0.0442. The van der Waals surface area contributed by atoms with E-state index in [0.29, 0.717) is 24.4 Å². The minimum Gasteiger partial charge on any atom is -0.352 e. The number of fused-ring (bicyclic) bond motifs is 1. The number of carbonyl (C=O) groups is 2. The van der Waals surface area contributed by atoms with E-state index in [0.717, 1.165) is 28.8 Å². The maximum Gasteiger partial charge on any atom is 0.224 e. The lowest BCUT2D eigenvalue weighted by atomic mass is 9.99. The Hall–Kier alpha value is -2.33. The van der Waals surface area contributed by atoms with Crippen LogP contribution >= 0.6 is 11.6 Å². The molecule has 1 aliphatic rings. The molecule has 2 aromatic carbocycles. The molecule has 118 valence electrons. The molecule has 0 aliphatic carbocycles. The second-order valence-corrected chi connectivity index (χ2v) is 5.99. The van der Waals surface area contributed by atoms with Gasteiger partial charge < -0.3 is 10.6 Å². The number of halogens is 1. The quantitative estimate of drug-likeness (QED) is 0.906. The first-order valence-electron chi connectivity index (χ1n) is 7.53. The van der Waals surface area contributed by atoms with Crippen LogP contribution in [0.25, 0.3) is 0 Å². The number of rotatable bonds is 4. The van der Waals surface area contributed by atoms with Crippen molar-refractivity contribution in [2.75, 3.05) is 5.32 Å². The molecule has 5 heteroatoms. The third-order valence-electron chi connectivity index (χ3n) is 3.86. The van der Waals surface area contributed by atoms with Gasteiger partial charge in [0.05, 0.1) is 6.42 Å². The average molecular weight is 329 g/mol. The molecule has 0 atom stereocenters. The van der Waals surface area contributed by atoms with Gasteiger partial charge in [-0.05, 0) is 35.2 Å². The van der Waals surface area contributed by atoms with Crippen LogP contribution in [-0.2, 0) is 29.0 Å². The van der Waals surface area contributed by atoms with E-state index in [9.17, 15) is 9.59 Å². The lowest BCUT2D eigenvalue weighted by Gasteiger charge is -2.17. The van der Waals surface area contributed by atoms with Crippen LogP contribution in [0.4, 0.5) is 5.69 Å². The molecule has 0 saturated carbocycles. The average Bonchev–Trinajstić information content (AvgIpc) is 2.54. The lowest BCUT2D eigenvalue weighted by Crippen LogP contribution is -2.25. The maximum atomic E-state index is 12.1. The maximum absolute atomic E-state index is 12.1. The first kappa shape index (κ1) is 15.6. The number of hydrogen-bond acceptors (Lipinski definition) is 2. The van der Waals surface area contributed by atoms with Crippen molar-refractivity contribution in [2.24, 2.45) is 0 Å². The summed E-state index contributed by atoms with van der Waals surface area (Å²) >= 11 is 6.07. The van der Waals surface area contributed by atoms with Gasteiger partial charge in [-0.1, -0.05) is 41.9 Å². The first-order valence-corrected chi connectivity index (χ1v) is 7.91. The summed E-state index contributed by atoms with van der Waals surface area (Å²) in [5.74, 6) is -0.00699. The second-order valence-electron chi connectivity index (χ2n) is 5.58. The van der Waals surface area contributed by atoms with E-state index in [-0.39, 0.29) is 11.8 Å². The molecule has 2 N–H and O–H groups in total. The summed E-state index contributed by atoms with van der Waals surface area (Å²) in [4.78, 5) is 23.4. The summed E-state index contributed by atoms with van der Waals surface area (Å²) < 4.78 is 0. The van der Waals surface area contributed by atoms with Gasteiger partial charge in [-0.3, -0.25) is 9.59 Å². The summed E-state index contributed by atoms with van der Waals surface area (Å²) in [6, 6.07) is 13.2. The summed E-state index contributed by atoms with van der Waals surface area (Å²) in [6.07, 6.45) is 1.52. The van der Waals surface area contributed by atoms with Crippen molar-refractivity contribution in [3.63, 3.8) is 0 Å². The molecular weight excluding hydrogens is 312 g/mol. The SMILES string of the molecule is O=C(Cc1ccc2c(c1)CCC(=O)N2)NCc1ccccc1Cl. The molecule has 2 amide bonds. The van der Waals surface area contributed by atoms with Gasteiger partial charge in [0.1, 0.15) is 0 Å². The van der Waals surface area contributed by atoms with Crippen LogP contribution in [0.5, 0.6) is 0 Å². The Morgan fingerprint density at radius 1 is 1.17 bits per heavy atom. The van der Waals surface area contributed by atoms with Crippen LogP contribution in [0.15, 0.2) is 42.5 Å². The van der Waals surface area contributed by atoms with Crippen LogP contribution in [-0.4, -0.2) is 11.8 Å². The van der Waals surface area contributed by atoms with E-state index >= 15 is 0 Å². The van der Waals surface area contributed by atoms with Gasteiger partial charge in [-0.2, -0.15) is 0 Å². The Morgan fingerprint density at radius 2 is 2.00 bits per heavy atom. The predicted molar refractivity (Wildman–Crippen MR) is 90.4 cm³/mol. The fraction of sp³-hybridized carbons (Fsp3) is 0.222. The Balaban J connectivity index is 1.60. The van der Waals surface area contributed by atoms with E-state index in [2.05, 4.69) is 10.6 Å². The van der Waals surface area contributed by atoms with Crippen LogP contribution in [0.3, 0.4) is 0 Å². The highest BCUT2D eigenvalue weighted by atomic mass is 35.5. The molecular formula is C18H17ClN2O2. The highest BCUT2D eigenvalue weighted by molar-refractivity contribution is 6.31. The largest absolute Gasteiger partial charge is 0.352 e. The number of amides is 2. The van der Waals surface area contributed by atoms with Gasteiger partial charge in [0.2, 0.25) is 11.8 Å². The van der Waals surface area contributed by atoms with E-state index in [1.54, 1.807) is 6.07 Å². The fourth-order valence-corrected chi connectivity index (χ4v) is 2.83. The van der Waals surface area contributed by atoms with Crippen molar-refractivity contribution < 1.29 is 9.59 Å². The monoisotopic (exact) mass is 328 g/mol. The number of anilines is 1. The molecule has 1 heterocycles. The standard InChI is InChI=1S/C18H17ClN2O2/c19-15-4-2-1-3-14(15)11-20-18(23)10-12-5-7-16-13(9-12)6-8-17(22)21-16/h1-5,7,9H,6,8,10-11H2,(H,20,23)(H,21,22). The van der Waals surface area contributed by atoms with E-state index in [4.69, 9.17) is 11.6 Å². The van der Waals surface area contributed by atoms with Crippen molar-refractivity contribution in [3.05, 3.63) is 64.2 Å². The van der Waals surface area contributed by atoms with Gasteiger partial charge >= 0.3 is 0 Å². The normalized spacial score (nSPS) is 13.2. The summed E-state index contributed by atoms with van der Waals surface area (Å²) in [6.45, 7) is 0.416. The van der Waals surface area contributed by atoms with Crippen LogP contribution in [0.1, 0.15) is 23.1 Å². The van der Waals surface area contributed by atoms with Crippen LogP contribution in [0, 0.1) is 0 Å². The molecule has 23 heavy (non-hydrogen) atoms. The zero-order valence-electron chi connectivity index (χ0n) is 12.6. The summed E-state index contributed by atoms with van der Waals surface area (Å²) in [5, 5.41) is 6.37. The van der Waals surface area contributed by atoms with Gasteiger partial charge in [-0.15, -0.1) is 0 Å². The summed E-state index contributed by atoms with van der Waals surface area (Å²) in [5.41, 5.74) is 3.77. The molecule has 1 aliphatic heterocycles. The Labute approximate surface area is 139 Å². The first-order chi connectivity index (χ1) is 11.1. The highest BCUT2D eigenvalue weighted by Crippen LogP contribution is 2.23. The lowest BCUT2D eigenvalue weighted by molar-refractivity contribution is -0.120. The molecule has 2 aromatic rings. The Bertz CT molecular complexity index is 758. The molecule has 0 bridgehead atoms. The third kappa shape index (κ3) is 3.90. The molecule has 3 rings (SSSR count). The van der Waals surface area contributed by atoms with Gasteiger partial charge in [0.15, 0.2) is 0 Å². The Kier molecular flexibility index (Phi) is 4.63. The van der Waals surface area contributed by atoms with Gasteiger partial charge in [-0.25, -0.2) is 0 Å². The number of nitrogens with one attached hydrogen (secondary N) is 2. The zero-order chi connectivity index (χ0) is 16.2. The van der Waals surface area contributed by atoms with Crippen molar-refractivity contribution in [3.8, 4) is 0 Å². The van der Waals surface area contributed by atoms with E-state index < -0.39 is 0 Å². The molecule has 0 radical (unpaired) electrons. The fourth-order valence-electron chi connectivity index (χ4n) is 2.63. The number of benzene rings is 2. The van der Waals surface area contributed by atoms with Crippen molar-refractivity contribution >= 4 is 29.1 Å². The minimum atomic E-state index is -0.0512. The van der Waals surface area contributed by atoms with Crippen molar-refractivity contribution in [2.45, 2.75) is 25.8 Å². The number of carbonyl (C=O) groups excluding carboxylic acids is 2. The molecule has 0 spiro atoms. The smallest absolute Gasteiger partial charge is 0.224 e. The third-order valence-corrected chi connectivity index (χ3v) is 4.23. The van der Waals surface area contributed by atoms with Gasteiger partial charge in [0.25, 0.3) is 0 Å².